The zero-order valence-corrected chi connectivity index (χ0v) is 27.9. The van der Waals surface area contributed by atoms with Gasteiger partial charge < -0.3 is 19.5 Å². The van der Waals surface area contributed by atoms with Crippen molar-refractivity contribution in [2.24, 2.45) is 5.10 Å². The fourth-order valence-corrected chi connectivity index (χ4v) is 5.59. The van der Waals surface area contributed by atoms with Gasteiger partial charge in [-0.05, 0) is 101 Å². The normalized spacial score (nSPS) is 11.3. The molecule has 0 spiro atoms. The smallest absolute Gasteiger partial charge is 0.282 e. The lowest BCUT2D eigenvalue weighted by atomic mass is 9.96. The topological polar surface area (TPSA) is 104 Å². The molecule has 0 aliphatic carbocycles. The van der Waals surface area contributed by atoms with Crippen LogP contribution >= 0.6 is 15.9 Å². The highest BCUT2D eigenvalue weighted by Gasteiger charge is 2.19. The molecule has 0 saturated heterocycles. The lowest BCUT2D eigenvalue weighted by Crippen LogP contribution is -2.21. The average Bonchev–Trinajstić information content (AvgIpc) is 3.04. The number of methoxy groups -OCH3 is 1. The molecule has 236 valence electrons. The highest BCUT2D eigenvalue weighted by Crippen LogP contribution is 2.37. The van der Waals surface area contributed by atoms with Crippen LogP contribution in [0.15, 0.2) is 93.2 Å². The molecule has 10 heteroatoms. The number of hydrogen-bond acceptors (Lipinski definition) is 7. The van der Waals surface area contributed by atoms with Gasteiger partial charge in [0.2, 0.25) is 0 Å². The molecule has 0 atom stereocenters. The Bertz CT molecular complexity index is 1970. The number of nitrogens with zero attached hydrogens (tertiary/aromatic N) is 3. The van der Waals surface area contributed by atoms with Gasteiger partial charge in [0, 0.05) is 11.3 Å². The lowest BCUT2D eigenvalue weighted by Gasteiger charge is -2.18. The van der Waals surface area contributed by atoms with Crippen molar-refractivity contribution in [3.63, 3.8) is 0 Å². The van der Waals surface area contributed by atoms with Crippen molar-refractivity contribution in [3.05, 3.63) is 110 Å². The molecule has 1 heterocycles. The number of carbonyl (C=O) groups excluding carboxylic acids is 1. The summed E-state index contributed by atoms with van der Waals surface area (Å²) in [5.41, 5.74) is 4.28. The number of hydrogen-bond donors (Lipinski definition) is 1. The van der Waals surface area contributed by atoms with E-state index < -0.39 is 0 Å². The van der Waals surface area contributed by atoms with E-state index in [2.05, 4.69) is 40.2 Å². The second-order valence-electron chi connectivity index (χ2n) is 10.8. The van der Waals surface area contributed by atoms with Gasteiger partial charge in [0.15, 0.2) is 23.9 Å². The fourth-order valence-electron chi connectivity index (χ4n) is 5.01. The van der Waals surface area contributed by atoms with Crippen LogP contribution in [0.4, 0.5) is 5.69 Å². The van der Waals surface area contributed by atoms with Crippen molar-refractivity contribution in [1.82, 2.24) is 9.66 Å². The molecule has 0 aliphatic heterocycles. The Kier molecular flexibility index (Phi) is 10.2. The molecule has 0 saturated carbocycles. The van der Waals surface area contributed by atoms with Crippen molar-refractivity contribution in [1.29, 1.82) is 0 Å². The summed E-state index contributed by atoms with van der Waals surface area (Å²) in [7, 11) is 1.51. The van der Waals surface area contributed by atoms with Crippen LogP contribution in [0, 0.1) is 6.92 Å². The summed E-state index contributed by atoms with van der Waals surface area (Å²) in [6, 6.07) is 23.9. The van der Waals surface area contributed by atoms with E-state index in [9.17, 15) is 9.59 Å². The molecule has 0 fully saturated rings. The third-order valence-corrected chi connectivity index (χ3v) is 7.84. The molecule has 0 radical (unpaired) electrons. The molecule has 5 rings (SSSR count). The maximum Gasteiger partial charge on any atom is 0.282 e. The summed E-state index contributed by atoms with van der Waals surface area (Å²) in [4.78, 5) is 31.2. The summed E-state index contributed by atoms with van der Waals surface area (Å²) >= 11 is 3.54. The predicted molar refractivity (Wildman–Crippen MR) is 186 cm³/mol. The van der Waals surface area contributed by atoms with E-state index in [1.807, 2.05) is 56.3 Å². The fraction of sp³-hybridized carbons (Fsp3) is 0.222. The molecular formula is C36H35BrN4O5. The second-order valence-corrected chi connectivity index (χ2v) is 11.7. The maximum atomic E-state index is 13.9. The standard InChI is InChI=1S/C36H35BrN4O5/c1-6-45-31-16-23(4)28(19-27(31)22(2)3)35-40-30-15-11-10-14-26(30)36(43)41(35)38-20-24-17-29(37)34(32(18-24)44-5)46-21-33(42)39-25-12-8-7-9-13-25/h7-20,22H,6,21H2,1-5H3,(H,39,42). The van der Waals surface area contributed by atoms with Crippen LogP contribution in [0.2, 0.25) is 0 Å². The van der Waals surface area contributed by atoms with E-state index in [1.54, 1.807) is 42.6 Å². The quantitative estimate of drug-likeness (QED) is 0.144. The molecule has 9 nitrogen and oxygen atoms in total. The van der Waals surface area contributed by atoms with Gasteiger partial charge >= 0.3 is 0 Å². The van der Waals surface area contributed by atoms with Crippen molar-refractivity contribution < 1.29 is 19.0 Å². The minimum atomic E-state index is -0.313. The molecule has 5 aromatic rings. The minimum absolute atomic E-state index is 0.181. The second kappa shape index (κ2) is 14.4. The largest absolute Gasteiger partial charge is 0.494 e. The summed E-state index contributed by atoms with van der Waals surface area (Å²) in [5.74, 6) is 1.84. The van der Waals surface area contributed by atoms with Crippen molar-refractivity contribution in [2.75, 3.05) is 25.6 Å². The molecule has 4 aromatic carbocycles. The van der Waals surface area contributed by atoms with Crippen LogP contribution in [-0.4, -0.2) is 42.1 Å². The van der Waals surface area contributed by atoms with Gasteiger partial charge in [-0.15, -0.1) is 0 Å². The molecule has 0 aliphatic rings. The number of nitrogens with one attached hydrogen (secondary N) is 1. The van der Waals surface area contributed by atoms with E-state index in [-0.39, 0.29) is 24.0 Å². The number of benzene rings is 4. The highest BCUT2D eigenvalue weighted by molar-refractivity contribution is 9.10. The molecular weight excluding hydrogens is 648 g/mol. The number of anilines is 1. The molecule has 0 bridgehead atoms. The number of fused-ring (bicyclic) bond motifs is 1. The first-order valence-corrected chi connectivity index (χ1v) is 15.7. The van der Waals surface area contributed by atoms with Crippen LogP contribution in [0.25, 0.3) is 22.3 Å². The average molecular weight is 684 g/mol. The Balaban J connectivity index is 1.52. The van der Waals surface area contributed by atoms with Gasteiger partial charge in [-0.1, -0.05) is 44.2 Å². The van der Waals surface area contributed by atoms with Gasteiger partial charge in [0.1, 0.15) is 5.75 Å². The van der Waals surface area contributed by atoms with E-state index in [4.69, 9.17) is 19.2 Å². The Morgan fingerprint density at radius 2 is 1.76 bits per heavy atom. The first-order chi connectivity index (χ1) is 22.2. The number of rotatable bonds is 11. The Morgan fingerprint density at radius 1 is 1.02 bits per heavy atom. The van der Waals surface area contributed by atoms with Gasteiger partial charge in [0.25, 0.3) is 11.5 Å². The SMILES string of the molecule is CCOc1cc(C)c(-c2nc3ccccc3c(=O)n2N=Cc2cc(Br)c(OCC(=O)Nc3ccccc3)c(OC)c2)cc1C(C)C. The molecule has 1 aromatic heterocycles. The number of halogens is 1. The van der Waals surface area contributed by atoms with Gasteiger partial charge in [0.05, 0.1) is 35.3 Å². The number of ether oxygens (including phenoxy) is 3. The Hall–Kier alpha value is -4.96. The molecule has 1 N–H and O–H groups in total. The third kappa shape index (κ3) is 7.13. The predicted octanol–water partition coefficient (Wildman–Crippen LogP) is 7.56. The van der Waals surface area contributed by atoms with E-state index in [0.29, 0.717) is 50.6 Å². The van der Waals surface area contributed by atoms with Crippen LogP contribution in [-0.2, 0) is 4.79 Å². The highest BCUT2D eigenvalue weighted by atomic mass is 79.9. The van der Waals surface area contributed by atoms with E-state index >= 15 is 0 Å². The summed E-state index contributed by atoms with van der Waals surface area (Å²) < 4.78 is 19.2. The van der Waals surface area contributed by atoms with Gasteiger partial charge in [-0.25, -0.2) is 4.98 Å². The number of aryl methyl sites for hydroxylation is 1. The van der Waals surface area contributed by atoms with Crippen LogP contribution < -0.4 is 25.1 Å². The van der Waals surface area contributed by atoms with E-state index in [0.717, 1.165) is 22.4 Å². The number of para-hydroxylation sites is 2. The van der Waals surface area contributed by atoms with Crippen molar-refractivity contribution in [2.45, 2.75) is 33.6 Å². The third-order valence-electron chi connectivity index (χ3n) is 7.25. The van der Waals surface area contributed by atoms with Crippen LogP contribution in [0.1, 0.15) is 43.4 Å². The van der Waals surface area contributed by atoms with Crippen molar-refractivity contribution >= 4 is 44.6 Å². The van der Waals surface area contributed by atoms with E-state index in [1.165, 1.54) is 11.8 Å². The van der Waals surface area contributed by atoms with Crippen LogP contribution in [0.3, 0.4) is 0 Å². The zero-order valence-electron chi connectivity index (χ0n) is 26.3. The lowest BCUT2D eigenvalue weighted by molar-refractivity contribution is -0.118. The van der Waals surface area contributed by atoms with Gasteiger partial charge in [-0.2, -0.15) is 9.78 Å². The maximum absolute atomic E-state index is 13.9. The number of aromatic nitrogens is 2. The zero-order chi connectivity index (χ0) is 32.8. The number of carbonyl (C=O) groups is 1. The van der Waals surface area contributed by atoms with Crippen LogP contribution in [0.5, 0.6) is 17.2 Å². The summed E-state index contributed by atoms with van der Waals surface area (Å²) in [5, 5.41) is 7.89. The van der Waals surface area contributed by atoms with Gasteiger partial charge in [-0.3, -0.25) is 9.59 Å². The first kappa shape index (κ1) is 32.4. The summed E-state index contributed by atoms with van der Waals surface area (Å²) in [6.45, 7) is 8.45. The molecule has 0 unspecified atom stereocenters. The Labute approximate surface area is 276 Å². The molecule has 1 amide bonds. The molecule has 46 heavy (non-hydrogen) atoms. The number of amides is 1. The monoisotopic (exact) mass is 682 g/mol. The minimum Gasteiger partial charge on any atom is -0.494 e. The summed E-state index contributed by atoms with van der Waals surface area (Å²) in [6.07, 6.45) is 1.56. The Morgan fingerprint density at radius 3 is 2.48 bits per heavy atom. The van der Waals surface area contributed by atoms with Crippen molar-refractivity contribution in [3.8, 4) is 28.6 Å². The first-order valence-electron chi connectivity index (χ1n) is 14.9.